The van der Waals surface area contributed by atoms with Gasteiger partial charge in [-0.25, -0.2) is 4.39 Å². The third-order valence-corrected chi connectivity index (χ3v) is 3.44. The lowest BCUT2D eigenvalue weighted by Gasteiger charge is -2.11. The minimum Gasteiger partial charge on any atom is -0.449 e. The molecular formula is C14H12BrFN2O3. The fourth-order valence-corrected chi connectivity index (χ4v) is 2.20. The number of hydrogen-bond acceptors (Lipinski definition) is 4. The molecule has 0 aliphatic carbocycles. The van der Waals surface area contributed by atoms with E-state index in [-0.39, 0.29) is 17.5 Å². The Kier molecular flexibility index (Phi) is 4.54. The minimum absolute atomic E-state index is 0.154. The third-order valence-electron chi connectivity index (χ3n) is 2.82. The molecule has 0 radical (unpaired) electrons. The van der Waals surface area contributed by atoms with E-state index >= 15 is 0 Å². The van der Waals surface area contributed by atoms with Crippen LogP contribution in [0.2, 0.25) is 0 Å². The van der Waals surface area contributed by atoms with E-state index < -0.39 is 10.7 Å². The first-order valence-corrected chi connectivity index (χ1v) is 6.84. The molecule has 0 bridgehead atoms. The van der Waals surface area contributed by atoms with Crippen LogP contribution in [0.3, 0.4) is 0 Å². The van der Waals surface area contributed by atoms with Gasteiger partial charge in [-0.3, -0.25) is 10.1 Å². The molecule has 0 saturated carbocycles. The first-order valence-electron chi connectivity index (χ1n) is 6.05. The zero-order valence-corrected chi connectivity index (χ0v) is 12.6. The average Bonchev–Trinajstić information content (AvgIpc) is 2.40. The van der Waals surface area contributed by atoms with E-state index in [1.54, 1.807) is 18.2 Å². The number of halogens is 2. The maximum atomic E-state index is 13.3. The summed E-state index contributed by atoms with van der Waals surface area (Å²) in [5, 5.41) is 10.9. The quantitative estimate of drug-likeness (QED) is 0.655. The smallest absolute Gasteiger partial charge is 0.311 e. The number of nitro benzene ring substituents is 1. The van der Waals surface area contributed by atoms with Crippen LogP contribution >= 0.6 is 15.9 Å². The molecule has 0 aromatic heterocycles. The molecule has 2 N–H and O–H groups in total. The molecular weight excluding hydrogens is 343 g/mol. The number of nitrogens with zero attached hydrogens (tertiary/aromatic N) is 1. The van der Waals surface area contributed by atoms with E-state index in [0.717, 1.165) is 23.8 Å². The molecule has 2 rings (SSSR count). The zero-order chi connectivity index (χ0) is 15.6. The number of hydrogen-bond donors (Lipinski definition) is 1. The number of ether oxygens (including phenoxy) is 1. The van der Waals surface area contributed by atoms with Crippen LogP contribution in [0, 0.1) is 15.9 Å². The zero-order valence-electron chi connectivity index (χ0n) is 11.0. The van der Waals surface area contributed by atoms with Gasteiger partial charge >= 0.3 is 5.69 Å². The second-order valence-corrected chi connectivity index (χ2v) is 5.30. The van der Waals surface area contributed by atoms with E-state index in [4.69, 9.17) is 10.5 Å². The Morgan fingerprint density at radius 1 is 1.29 bits per heavy atom. The van der Waals surface area contributed by atoms with Crippen LogP contribution < -0.4 is 10.5 Å². The van der Waals surface area contributed by atoms with Crippen molar-refractivity contribution in [3.8, 4) is 11.5 Å². The molecule has 0 saturated heterocycles. The second kappa shape index (κ2) is 6.19. The van der Waals surface area contributed by atoms with Crippen LogP contribution in [-0.4, -0.2) is 4.92 Å². The third kappa shape index (κ3) is 3.56. The predicted octanol–water partition coefficient (Wildman–Crippen LogP) is 4.31. The lowest BCUT2D eigenvalue weighted by molar-refractivity contribution is -0.385. The van der Waals surface area contributed by atoms with Crippen molar-refractivity contribution < 1.29 is 14.1 Å². The summed E-state index contributed by atoms with van der Waals surface area (Å²) in [6, 6.07) is 8.02. The first-order chi connectivity index (χ1) is 9.88. The van der Waals surface area contributed by atoms with E-state index in [9.17, 15) is 14.5 Å². The van der Waals surface area contributed by atoms with Gasteiger partial charge in [0.15, 0.2) is 0 Å². The van der Waals surface area contributed by atoms with Gasteiger partial charge in [-0.2, -0.15) is 0 Å². The summed E-state index contributed by atoms with van der Waals surface area (Å²) in [4.78, 5) is 10.3. The van der Waals surface area contributed by atoms with Crippen molar-refractivity contribution in [2.45, 2.75) is 13.0 Å². The molecule has 0 amide bonds. The van der Waals surface area contributed by atoms with E-state index in [0.29, 0.717) is 10.2 Å². The molecule has 0 fully saturated rings. The molecule has 7 heteroatoms. The van der Waals surface area contributed by atoms with Crippen molar-refractivity contribution in [1.29, 1.82) is 0 Å². The van der Waals surface area contributed by atoms with E-state index in [1.165, 1.54) is 0 Å². The second-order valence-electron chi connectivity index (χ2n) is 4.45. The molecule has 2 aromatic rings. The number of nitrogens with two attached hydrogens (primary N) is 1. The lowest BCUT2D eigenvalue weighted by atomic mass is 10.1. The summed E-state index contributed by atoms with van der Waals surface area (Å²) in [5.74, 6) is -0.429. The average molecular weight is 355 g/mol. The highest BCUT2D eigenvalue weighted by molar-refractivity contribution is 9.10. The van der Waals surface area contributed by atoms with Crippen LogP contribution in [0.5, 0.6) is 11.5 Å². The highest BCUT2D eigenvalue weighted by atomic mass is 79.9. The Balaban J connectivity index is 2.38. The van der Waals surface area contributed by atoms with Crippen molar-refractivity contribution in [2.75, 3.05) is 0 Å². The van der Waals surface area contributed by atoms with Gasteiger partial charge in [0.2, 0.25) is 5.75 Å². The summed E-state index contributed by atoms with van der Waals surface area (Å²) in [5.41, 5.74) is 6.34. The van der Waals surface area contributed by atoms with Gasteiger partial charge in [-0.05, 0) is 46.6 Å². The maximum Gasteiger partial charge on any atom is 0.311 e. The van der Waals surface area contributed by atoms with E-state index in [1.807, 2.05) is 6.92 Å². The van der Waals surface area contributed by atoms with Crippen LogP contribution in [0.4, 0.5) is 10.1 Å². The standard InChI is InChI=1S/C14H12BrFN2O3/c1-8(17)9-2-5-13(11(15)6-9)21-14-7-10(16)3-4-12(14)18(19)20/h2-8H,17H2,1H3. The molecule has 1 atom stereocenters. The summed E-state index contributed by atoms with van der Waals surface area (Å²) in [7, 11) is 0. The van der Waals surface area contributed by atoms with Crippen molar-refractivity contribution in [1.82, 2.24) is 0 Å². The van der Waals surface area contributed by atoms with Gasteiger partial charge in [0, 0.05) is 18.2 Å². The fraction of sp³-hybridized carbons (Fsp3) is 0.143. The monoisotopic (exact) mass is 354 g/mol. The Labute approximate surface area is 128 Å². The predicted molar refractivity (Wildman–Crippen MR) is 79.9 cm³/mol. The van der Waals surface area contributed by atoms with Crippen LogP contribution in [0.25, 0.3) is 0 Å². The van der Waals surface area contributed by atoms with Crippen LogP contribution in [0.1, 0.15) is 18.5 Å². The molecule has 110 valence electrons. The van der Waals surface area contributed by atoms with Crippen LogP contribution in [-0.2, 0) is 0 Å². The highest BCUT2D eigenvalue weighted by Crippen LogP contribution is 2.36. The Hall–Kier alpha value is -1.99. The van der Waals surface area contributed by atoms with Crippen molar-refractivity contribution in [2.24, 2.45) is 5.73 Å². The molecule has 0 aliphatic heterocycles. The number of rotatable bonds is 4. The van der Waals surface area contributed by atoms with Crippen molar-refractivity contribution in [3.05, 3.63) is 62.4 Å². The first kappa shape index (κ1) is 15.4. The van der Waals surface area contributed by atoms with Crippen LogP contribution in [0.15, 0.2) is 40.9 Å². The van der Waals surface area contributed by atoms with Gasteiger partial charge in [0.05, 0.1) is 9.40 Å². The molecule has 21 heavy (non-hydrogen) atoms. The SMILES string of the molecule is CC(N)c1ccc(Oc2cc(F)ccc2[N+](=O)[O-])c(Br)c1. The number of nitro groups is 1. The van der Waals surface area contributed by atoms with Crippen molar-refractivity contribution >= 4 is 21.6 Å². The molecule has 2 aromatic carbocycles. The van der Waals surface area contributed by atoms with Gasteiger partial charge in [0.25, 0.3) is 0 Å². The number of benzene rings is 2. The fourth-order valence-electron chi connectivity index (χ4n) is 1.72. The Bertz CT molecular complexity index is 692. The van der Waals surface area contributed by atoms with Gasteiger partial charge in [-0.1, -0.05) is 6.07 Å². The Morgan fingerprint density at radius 3 is 2.57 bits per heavy atom. The van der Waals surface area contributed by atoms with Gasteiger partial charge in [-0.15, -0.1) is 0 Å². The normalized spacial score (nSPS) is 12.0. The molecule has 0 aliphatic rings. The maximum absolute atomic E-state index is 13.3. The van der Waals surface area contributed by atoms with Crippen molar-refractivity contribution in [3.63, 3.8) is 0 Å². The minimum atomic E-state index is -0.626. The summed E-state index contributed by atoms with van der Waals surface area (Å²) in [6.45, 7) is 1.83. The lowest BCUT2D eigenvalue weighted by Crippen LogP contribution is -2.04. The molecule has 5 nitrogen and oxygen atoms in total. The summed E-state index contributed by atoms with van der Waals surface area (Å²) >= 11 is 3.31. The largest absolute Gasteiger partial charge is 0.449 e. The molecule has 1 unspecified atom stereocenters. The molecule has 0 heterocycles. The van der Waals surface area contributed by atoms with Gasteiger partial charge in [0.1, 0.15) is 11.6 Å². The topological polar surface area (TPSA) is 78.4 Å². The highest BCUT2D eigenvalue weighted by Gasteiger charge is 2.18. The van der Waals surface area contributed by atoms with Gasteiger partial charge < -0.3 is 10.5 Å². The summed E-state index contributed by atoms with van der Waals surface area (Å²) < 4.78 is 19.3. The molecule has 0 spiro atoms. The summed E-state index contributed by atoms with van der Waals surface area (Å²) in [6.07, 6.45) is 0. The Morgan fingerprint density at radius 2 is 2.00 bits per heavy atom. The van der Waals surface area contributed by atoms with E-state index in [2.05, 4.69) is 15.9 Å².